The van der Waals surface area contributed by atoms with Crippen molar-refractivity contribution in [2.75, 3.05) is 19.7 Å². The first kappa shape index (κ1) is 11.5. The van der Waals surface area contributed by atoms with Gasteiger partial charge in [-0.2, -0.15) is 0 Å². The minimum absolute atomic E-state index is 0.0456. The number of piperidine rings is 1. The number of hydrogen-bond acceptors (Lipinski definition) is 3. The Morgan fingerprint density at radius 1 is 1.33 bits per heavy atom. The van der Waals surface area contributed by atoms with Crippen LogP contribution in [0.2, 0.25) is 0 Å². The molecule has 0 saturated carbocycles. The highest BCUT2D eigenvalue weighted by molar-refractivity contribution is 5.96. The van der Waals surface area contributed by atoms with E-state index in [0.29, 0.717) is 12.6 Å². The Morgan fingerprint density at radius 2 is 2.17 bits per heavy atom. The van der Waals surface area contributed by atoms with Gasteiger partial charge in [-0.1, -0.05) is 6.07 Å². The normalized spacial score (nSPS) is 19.1. The molecule has 1 saturated heterocycles. The first-order valence-corrected chi connectivity index (χ1v) is 6.61. The van der Waals surface area contributed by atoms with Gasteiger partial charge in [-0.15, -0.1) is 0 Å². The number of fused-ring (bicyclic) bond motifs is 1. The molecule has 2 aliphatic rings. The maximum Gasteiger partial charge on any atom is 0.251 e. The van der Waals surface area contributed by atoms with Gasteiger partial charge < -0.3 is 15.4 Å². The molecule has 1 fully saturated rings. The van der Waals surface area contributed by atoms with Crippen molar-refractivity contribution in [3.63, 3.8) is 0 Å². The molecule has 1 amide bonds. The van der Waals surface area contributed by atoms with Crippen molar-refractivity contribution in [3.05, 3.63) is 29.3 Å². The van der Waals surface area contributed by atoms with Gasteiger partial charge in [0.2, 0.25) is 0 Å². The second-order valence-electron chi connectivity index (χ2n) is 4.88. The molecule has 96 valence electrons. The van der Waals surface area contributed by atoms with Crippen LogP contribution in [0, 0.1) is 0 Å². The van der Waals surface area contributed by atoms with Gasteiger partial charge >= 0.3 is 0 Å². The molecule has 2 N–H and O–H groups in total. The van der Waals surface area contributed by atoms with Crippen molar-refractivity contribution in [3.8, 4) is 5.75 Å². The van der Waals surface area contributed by atoms with Crippen molar-refractivity contribution < 1.29 is 9.53 Å². The van der Waals surface area contributed by atoms with Crippen molar-refractivity contribution in [1.29, 1.82) is 0 Å². The van der Waals surface area contributed by atoms with E-state index in [0.717, 1.165) is 49.2 Å². The summed E-state index contributed by atoms with van der Waals surface area (Å²) in [6.07, 6.45) is 2.86. The Bertz CT molecular complexity index is 453. The molecule has 4 nitrogen and oxygen atoms in total. The average molecular weight is 246 g/mol. The van der Waals surface area contributed by atoms with Crippen LogP contribution < -0.4 is 15.4 Å². The predicted molar refractivity (Wildman–Crippen MR) is 69.0 cm³/mol. The van der Waals surface area contributed by atoms with Gasteiger partial charge in [0, 0.05) is 23.6 Å². The number of carbonyl (C=O) groups excluding carboxylic acids is 1. The molecule has 1 aromatic carbocycles. The van der Waals surface area contributed by atoms with Gasteiger partial charge in [-0.3, -0.25) is 4.79 Å². The lowest BCUT2D eigenvalue weighted by Crippen LogP contribution is -2.42. The van der Waals surface area contributed by atoms with E-state index in [4.69, 9.17) is 4.74 Å². The second kappa shape index (κ2) is 4.98. The van der Waals surface area contributed by atoms with Crippen LogP contribution in [0.5, 0.6) is 5.75 Å². The molecule has 3 rings (SSSR count). The molecule has 0 atom stereocenters. The summed E-state index contributed by atoms with van der Waals surface area (Å²) in [5, 5.41) is 6.43. The summed E-state index contributed by atoms with van der Waals surface area (Å²) in [5.41, 5.74) is 1.84. The second-order valence-corrected chi connectivity index (χ2v) is 4.88. The van der Waals surface area contributed by atoms with Gasteiger partial charge in [0.15, 0.2) is 0 Å². The zero-order chi connectivity index (χ0) is 12.4. The first-order valence-electron chi connectivity index (χ1n) is 6.61. The third-order valence-electron chi connectivity index (χ3n) is 3.66. The van der Waals surface area contributed by atoms with E-state index in [1.807, 2.05) is 18.2 Å². The molecule has 0 aliphatic carbocycles. The number of nitrogens with one attached hydrogen (secondary N) is 2. The molecule has 0 radical (unpaired) electrons. The molecule has 0 aromatic heterocycles. The number of ether oxygens (including phenoxy) is 1. The molecule has 0 spiro atoms. The molecule has 2 aliphatic heterocycles. The molecule has 0 bridgehead atoms. The zero-order valence-corrected chi connectivity index (χ0v) is 10.4. The standard InChI is InChI=1S/C14H18N2O2/c17-14(16-10-4-7-15-8-5-10)12-2-1-3-13-11(12)6-9-18-13/h1-3,10,15H,4-9H2,(H,16,17). The summed E-state index contributed by atoms with van der Waals surface area (Å²) in [6, 6.07) is 6.02. The van der Waals surface area contributed by atoms with Crippen molar-refractivity contribution in [2.24, 2.45) is 0 Å². The highest BCUT2D eigenvalue weighted by Gasteiger charge is 2.22. The monoisotopic (exact) mass is 246 g/mol. The topological polar surface area (TPSA) is 50.4 Å². The van der Waals surface area contributed by atoms with Crippen LogP contribution in [0.4, 0.5) is 0 Å². The molecule has 2 heterocycles. The van der Waals surface area contributed by atoms with Gasteiger partial charge in [0.05, 0.1) is 6.61 Å². The largest absolute Gasteiger partial charge is 0.493 e. The van der Waals surface area contributed by atoms with Gasteiger partial charge in [-0.05, 0) is 38.1 Å². The van der Waals surface area contributed by atoms with Crippen LogP contribution in [0.1, 0.15) is 28.8 Å². The lowest BCUT2D eigenvalue weighted by Gasteiger charge is -2.24. The minimum Gasteiger partial charge on any atom is -0.493 e. The minimum atomic E-state index is 0.0456. The summed E-state index contributed by atoms with van der Waals surface area (Å²) in [6.45, 7) is 2.66. The van der Waals surface area contributed by atoms with Crippen LogP contribution in [-0.4, -0.2) is 31.6 Å². The Hall–Kier alpha value is -1.55. The smallest absolute Gasteiger partial charge is 0.251 e. The Labute approximate surface area is 107 Å². The number of amides is 1. The van der Waals surface area contributed by atoms with Crippen LogP contribution in [0.3, 0.4) is 0 Å². The summed E-state index contributed by atoms with van der Waals surface area (Å²) in [5.74, 6) is 0.914. The van der Waals surface area contributed by atoms with Crippen molar-refractivity contribution in [1.82, 2.24) is 10.6 Å². The lowest BCUT2D eigenvalue weighted by atomic mass is 10.0. The third-order valence-corrected chi connectivity index (χ3v) is 3.66. The van der Waals surface area contributed by atoms with Crippen LogP contribution in [0.25, 0.3) is 0 Å². The first-order chi connectivity index (χ1) is 8.84. The number of carbonyl (C=O) groups is 1. The maximum absolute atomic E-state index is 12.3. The molecular weight excluding hydrogens is 228 g/mol. The van der Waals surface area contributed by atoms with Gasteiger partial charge in [0.25, 0.3) is 5.91 Å². The fraction of sp³-hybridized carbons (Fsp3) is 0.500. The van der Waals surface area contributed by atoms with Gasteiger partial charge in [0.1, 0.15) is 5.75 Å². The van der Waals surface area contributed by atoms with E-state index in [1.165, 1.54) is 0 Å². The SMILES string of the molecule is O=C(NC1CCNCC1)c1cccc2c1CCO2. The quantitative estimate of drug-likeness (QED) is 0.821. The Balaban J connectivity index is 1.74. The fourth-order valence-electron chi connectivity index (χ4n) is 2.66. The van der Waals surface area contributed by atoms with E-state index < -0.39 is 0 Å². The summed E-state index contributed by atoms with van der Waals surface area (Å²) >= 11 is 0. The number of hydrogen-bond donors (Lipinski definition) is 2. The molecular formula is C14H18N2O2. The van der Waals surface area contributed by atoms with Crippen molar-refractivity contribution >= 4 is 5.91 Å². The molecule has 4 heteroatoms. The van der Waals surface area contributed by atoms with E-state index >= 15 is 0 Å². The highest BCUT2D eigenvalue weighted by atomic mass is 16.5. The molecule has 0 unspecified atom stereocenters. The van der Waals surface area contributed by atoms with Crippen LogP contribution in [0.15, 0.2) is 18.2 Å². The van der Waals surface area contributed by atoms with E-state index in [9.17, 15) is 4.79 Å². The summed E-state index contributed by atoms with van der Waals surface area (Å²) in [4.78, 5) is 12.3. The number of rotatable bonds is 2. The molecule has 1 aromatic rings. The average Bonchev–Trinajstić information content (AvgIpc) is 2.87. The predicted octanol–water partition coefficient (Wildman–Crippen LogP) is 1.10. The van der Waals surface area contributed by atoms with E-state index in [-0.39, 0.29) is 5.91 Å². The Morgan fingerprint density at radius 3 is 3.00 bits per heavy atom. The van der Waals surface area contributed by atoms with E-state index in [1.54, 1.807) is 0 Å². The fourth-order valence-corrected chi connectivity index (χ4v) is 2.66. The highest BCUT2D eigenvalue weighted by Crippen LogP contribution is 2.28. The Kier molecular flexibility index (Phi) is 3.19. The summed E-state index contributed by atoms with van der Waals surface area (Å²) < 4.78 is 5.49. The summed E-state index contributed by atoms with van der Waals surface area (Å²) in [7, 11) is 0. The zero-order valence-electron chi connectivity index (χ0n) is 10.4. The maximum atomic E-state index is 12.3. The third kappa shape index (κ3) is 2.20. The molecule has 18 heavy (non-hydrogen) atoms. The van der Waals surface area contributed by atoms with Crippen LogP contribution in [-0.2, 0) is 6.42 Å². The van der Waals surface area contributed by atoms with Gasteiger partial charge in [-0.25, -0.2) is 0 Å². The van der Waals surface area contributed by atoms with Crippen LogP contribution >= 0.6 is 0 Å². The van der Waals surface area contributed by atoms with Crippen molar-refractivity contribution in [2.45, 2.75) is 25.3 Å². The van der Waals surface area contributed by atoms with E-state index in [2.05, 4.69) is 10.6 Å². The number of benzene rings is 1. The lowest BCUT2D eigenvalue weighted by molar-refractivity contribution is 0.0928.